The molecule has 0 aliphatic rings. The summed E-state index contributed by atoms with van der Waals surface area (Å²) < 4.78 is 5.34. The standard InChI is InChI=1S/C16H23NO4/c1-3-21-14-7-5-13(6-8-14)10-15(18)17-11-12(2)4-9-16(19)20/h5-8,12H,3-4,9-11H2,1-2H3,(H,17,18)(H,19,20). The van der Waals surface area contributed by atoms with Gasteiger partial charge < -0.3 is 15.2 Å². The monoisotopic (exact) mass is 293 g/mol. The first-order valence-electron chi connectivity index (χ1n) is 7.21. The van der Waals surface area contributed by atoms with Crippen molar-refractivity contribution in [2.75, 3.05) is 13.2 Å². The molecule has 0 saturated heterocycles. The normalized spacial score (nSPS) is 11.7. The van der Waals surface area contributed by atoms with Gasteiger partial charge in [0, 0.05) is 13.0 Å². The highest BCUT2D eigenvalue weighted by Gasteiger charge is 2.08. The maximum absolute atomic E-state index is 11.8. The van der Waals surface area contributed by atoms with E-state index in [4.69, 9.17) is 9.84 Å². The number of aliphatic carboxylic acids is 1. The topological polar surface area (TPSA) is 75.6 Å². The maximum atomic E-state index is 11.8. The van der Waals surface area contributed by atoms with Gasteiger partial charge in [0.15, 0.2) is 0 Å². The van der Waals surface area contributed by atoms with E-state index in [0.717, 1.165) is 11.3 Å². The van der Waals surface area contributed by atoms with Crippen molar-refractivity contribution >= 4 is 11.9 Å². The zero-order chi connectivity index (χ0) is 15.7. The second kappa shape index (κ2) is 9.00. The number of benzene rings is 1. The second-order valence-corrected chi connectivity index (χ2v) is 5.10. The van der Waals surface area contributed by atoms with Crippen LogP contribution in [0.5, 0.6) is 5.75 Å². The van der Waals surface area contributed by atoms with Gasteiger partial charge in [-0.1, -0.05) is 19.1 Å². The van der Waals surface area contributed by atoms with Crippen molar-refractivity contribution in [3.63, 3.8) is 0 Å². The minimum atomic E-state index is -0.803. The van der Waals surface area contributed by atoms with Crippen LogP contribution in [0.15, 0.2) is 24.3 Å². The molecule has 1 aromatic rings. The highest BCUT2D eigenvalue weighted by Crippen LogP contribution is 2.12. The third-order valence-electron chi connectivity index (χ3n) is 3.10. The average molecular weight is 293 g/mol. The molecule has 1 aromatic carbocycles. The fourth-order valence-electron chi connectivity index (χ4n) is 1.88. The predicted octanol–water partition coefficient (Wildman–Crippen LogP) is 2.24. The number of rotatable bonds is 9. The molecule has 0 heterocycles. The maximum Gasteiger partial charge on any atom is 0.303 e. The van der Waals surface area contributed by atoms with E-state index in [9.17, 15) is 9.59 Å². The fourth-order valence-corrected chi connectivity index (χ4v) is 1.88. The summed E-state index contributed by atoms with van der Waals surface area (Å²) in [5, 5.41) is 11.4. The number of carboxylic acids is 1. The Kier molecular flexibility index (Phi) is 7.29. The number of nitrogens with one attached hydrogen (secondary N) is 1. The molecular weight excluding hydrogens is 270 g/mol. The van der Waals surface area contributed by atoms with Crippen LogP contribution in [-0.4, -0.2) is 30.1 Å². The van der Waals surface area contributed by atoms with Gasteiger partial charge in [0.1, 0.15) is 5.75 Å². The molecule has 0 spiro atoms. The van der Waals surface area contributed by atoms with Crippen LogP contribution < -0.4 is 10.1 Å². The van der Waals surface area contributed by atoms with Crippen LogP contribution in [-0.2, 0) is 16.0 Å². The molecule has 21 heavy (non-hydrogen) atoms. The Balaban J connectivity index is 2.31. The summed E-state index contributed by atoms with van der Waals surface area (Å²) >= 11 is 0. The van der Waals surface area contributed by atoms with Gasteiger partial charge in [-0.05, 0) is 37.0 Å². The van der Waals surface area contributed by atoms with Crippen LogP contribution in [0.1, 0.15) is 32.3 Å². The molecule has 1 unspecified atom stereocenters. The number of carboxylic acid groups (broad SMARTS) is 1. The van der Waals surface area contributed by atoms with Crippen molar-refractivity contribution in [3.8, 4) is 5.75 Å². The number of hydrogen-bond donors (Lipinski definition) is 2. The van der Waals surface area contributed by atoms with Crippen molar-refractivity contribution in [1.29, 1.82) is 0 Å². The summed E-state index contributed by atoms with van der Waals surface area (Å²) in [7, 11) is 0. The third kappa shape index (κ3) is 7.34. The lowest BCUT2D eigenvalue weighted by Gasteiger charge is -2.11. The Morgan fingerprint density at radius 3 is 2.52 bits per heavy atom. The molecule has 1 rings (SSSR count). The lowest BCUT2D eigenvalue weighted by molar-refractivity contribution is -0.137. The molecule has 0 aliphatic heterocycles. The molecule has 0 saturated carbocycles. The number of carbonyl (C=O) groups excluding carboxylic acids is 1. The van der Waals surface area contributed by atoms with Crippen molar-refractivity contribution in [3.05, 3.63) is 29.8 Å². The van der Waals surface area contributed by atoms with Crippen molar-refractivity contribution in [2.45, 2.75) is 33.1 Å². The SMILES string of the molecule is CCOc1ccc(CC(=O)NCC(C)CCC(=O)O)cc1. The molecule has 0 aliphatic carbocycles. The quantitative estimate of drug-likeness (QED) is 0.732. The molecule has 2 N–H and O–H groups in total. The first kappa shape index (κ1) is 17.0. The first-order valence-corrected chi connectivity index (χ1v) is 7.21. The summed E-state index contributed by atoms with van der Waals surface area (Å²) in [5.74, 6) is 0.0956. The lowest BCUT2D eigenvalue weighted by Crippen LogP contribution is -2.29. The van der Waals surface area contributed by atoms with Gasteiger partial charge in [-0.3, -0.25) is 9.59 Å². The van der Waals surface area contributed by atoms with Gasteiger partial charge >= 0.3 is 5.97 Å². The van der Waals surface area contributed by atoms with Gasteiger partial charge in [0.25, 0.3) is 0 Å². The molecule has 5 nitrogen and oxygen atoms in total. The average Bonchev–Trinajstić information content (AvgIpc) is 2.45. The molecular formula is C16H23NO4. The van der Waals surface area contributed by atoms with E-state index in [-0.39, 0.29) is 18.2 Å². The summed E-state index contributed by atoms with van der Waals surface area (Å²) in [5.41, 5.74) is 0.925. The Labute approximate surface area is 125 Å². The van der Waals surface area contributed by atoms with Gasteiger partial charge in [-0.15, -0.1) is 0 Å². The molecule has 5 heteroatoms. The zero-order valence-corrected chi connectivity index (χ0v) is 12.6. The molecule has 116 valence electrons. The number of carbonyl (C=O) groups is 2. The predicted molar refractivity (Wildman–Crippen MR) is 80.4 cm³/mol. The fraction of sp³-hybridized carbons (Fsp3) is 0.500. The third-order valence-corrected chi connectivity index (χ3v) is 3.10. The molecule has 0 radical (unpaired) electrons. The Bertz CT molecular complexity index is 456. The second-order valence-electron chi connectivity index (χ2n) is 5.10. The van der Waals surface area contributed by atoms with Gasteiger partial charge in [0.05, 0.1) is 13.0 Å². The zero-order valence-electron chi connectivity index (χ0n) is 12.6. The lowest BCUT2D eigenvalue weighted by atomic mass is 10.1. The van der Waals surface area contributed by atoms with Crippen molar-refractivity contribution in [2.24, 2.45) is 5.92 Å². The summed E-state index contributed by atoms with van der Waals surface area (Å²) in [6, 6.07) is 7.44. The minimum absolute atomic E-state index is 0.0543. The van der Waals surface area contributed by atoms with Gasteiger partial charge in [-0.2, -0.15) is 0 Å². The van der Waals surface area contributed by atoms with Crippen LogP contribution in [0.25, 0.3) is 0 Å². The van der Waals surface area contributed by atoms with E-state index >= 15 is 0 Å². The van der Waals surface area contributed by atoms with Crippen LogP contribution in [0.3, 0.4) is 0 Å². The Hall–Kier alpha value is -2.04. The van der Waals surface area contributed by atoms with Crippen LogP contribution in [0, 0.1) is 5.92 Å². The highest BCUT2D eigenvalue weighted by molar-refractivity contribution is 5.78. The molecule has 1 amide bonds. The summed E-state index contributed by atoms with van der Waals surface area (Å²) in [6.45, 7) is 4.98. The number of hydrogen-bond acceptors (Lipinski definition) is 3. The van der Waals surface area contributed by atoms with E-state index in [0.29, 0.717) is 26.0 Å². The van der Waals surface area contributed by atoms with E-state index in [1.807, 2.05) is 38.1 Å². The molecule has 0 aromatic heterocycles. The number of ether oxygens (including phenoxy) is 1. The van der Waals surface area contributed by atoms with Crippen LogP contribution in [0.2, 0.25) is 0 Å². The van der Waals surface area contributed by atoms with E-state index in [1.165, 1.54) is 0 Å². The van der Waals surface area contributed by atoms with Crippen molar-refractivity contribution in [1.82, 2.24) is 5.32 Å². The van der Waals surface area contributed by atoms with E-state index in [1.54, 1.807) is 0 Å². The largest absolute Gasteiger partial charge is 0.494 e. The Morgan fingerprint density at radius 2 is 1.95 bits per heavy atom. The van der Waals surface area contributed by atoms with Gasteiger partial charge in [-0.25, -0.2) is 0 Å². The summed E-state index contributed by atoms with van der Waals surface area (Å²) in [4.78, 5) is 22.3. The highest BCUT2D eigenvalue weighted by atomic mass is 16.5. The smallest absolute Gasteiger partial charge is 0.303 e. The Morgan fingerprint density at radius 1 is 1.29 bits per heavy atom. The van der Waals surface area contributed by atoms with E-state index in [2.05, 4.69) is 5.32 Å². The molecule has 0 bridgehead atoms. The van der Waals surface area contributed by atoms with Crippen LogP contribution >= 0.6 is 0 Å². The van der Waals surface area contributed by atoms with E-state index < -0.39 is 5.97 Å². The van der Waals surface area contributed by atoms with Gasteiger partial charge in [0.2, 0.25) is 5.91 Å². The molecule has 0 fully saturated rings. The molecule has 1 atom stereocenters. The summed E-state index contributed by atoms with van der Waals surface area (Å²) in [6.07, 6.45) is 1.02. The minimum Gasteiger partial charge on any atom is -0.494 e. The van der Waals surface area contributed by atoms with Crippen molar-refractivity contribution < 1.29 is 19.4 Å². The first-order chi connectivity index (χ1) is 10.0. The van der Waals surface area contributed by atoms with Crippen LogP contribution in [0.4, 0.5) is 0 Å². The number of amides is 1.